The molecule has 2 aromatic rings. The van der Waals surface area contributed by atoms with Crippen molar-refractivity contribution >= 4 is 11.6 Å². The summed E-state index contributed by atoms with van der Waals surface area (Å²) < 4.78 is 27.0. The zero-order chi connectivity index (χ0) is 13.1. The van der Waals surface area contributed by atoms with Crippen LogP contribution in [0.4, 0.5) is 8.78 Å². The highest BCUT2D eigenvalue weighted by Gasteiger charge is 2.15. The van der Waals surface area contributed by atoms with Crippen molar-refractivity contribution in [3.8, 4) is 0 Å². The minimum absolute atomic E-state index is 0.122. The third-order valence-electron chi connectivity index (χ3n) is 2.59. The number of rotatable bonds is 3. The summed E-state index contributed by atoms with van der Waals surface area (Å²) in [6.07, 6.45) is 1.59. The number of hydrogen-bond acceptors (Lipinski definition) is 2. The van der Waals surface area contributed by atoms with Gasteiger partial charge in [0.1, 0.15) is 11.6 Å². The molecule has 0 amide bonds. The lowest BCUT2D eigenvalue weighted by Crippen LogP contribution is -2.17. The molecule has 0 aliphatic carbocycles. The van der Waals surface area contributed by atoms with Crippen molar-refractivity contribution in [2.24, 2.45) is 5.73 Å². The van der Waals surface area contributed by atoms with Crippen LogP contribution in [-0.4, -0.2) is 4.98 Å². The molecular formula is C13H11ClF2N2. The van der Waals surface area contributed by atoms with E-state index < -0.39 is 17.7 Å². The van der Waals surface area contributed by atoms with Gasteiger partial charge in [0.15, 0.2) is 0 Å². The minimum Gasteiger partial charge on any atom is -0.322 e. The van der Waals surface area contributed by atoms with E-state index in [0.29, 0.717) is 10.6 Å². The van der Waals surface area contributed by atoms with Crippen LogP contribution >= 0.6 is 11.6 Å². The molecule has 0 bridgehead atoms. The van der Waals surface area contributed by atoms with Crippen LogP contribution < -0.4 is 5.73 Å². The molecule has 5 heteroatoms. The van der Waals surface area contributed by atoms with Gasteiger partial charge < -0.3 is 5.73 Å². The molecule has 1 aromatic carbocycles. The van der Waals surface area contributed by atoms with Gasteiger partial charge in [-0.05, 0) is 42.3 Å². The molecule has 2 nitrogen and oxygen atoms in total. The molecule has 1 unspecified atom stereocenters. The Hall–Kier alpha value is -1.52. The summed E-state index contributed by atoms with van der Waals surface area (Å²) >= 11 is 5.78. The molecule has 2 N–H and O–H groups in total. The van der Waals surface area contributed by atoms with Crippen molar-refractivity contribution in [1.82, 2.24) is 4.98 Å². The zero-order valence-electron chi connectivity index (χ0n) is 9.41. The lowest BCUT2D eigenvalue weighted by atomic mass is 10.0. The van der Waals surface area contributed by atoms with Gasteiger partial charge in [-0.1, -0.05) is 11.6 Å². The van der Waals surface area contributed by atoms with Gasteiger partial charge in [0.2, 0.25) is 0 Å². The Morgan fingerprint density at radius 3 is 2.72 bits per heavy atom. The fraction of sp³-hybridized carbons (Fsp3) is 0.154. The van der Waals surface area contributed by atoms with Gasteiger partial charge in [-0.2, -0.15) is 0 Å². The Bertz CT molecular complexity index is 560. The molecule has 0 aliphatic rings. The number of pyridine rings is 1. The maximum Gasteiger partial charge on any atom is 0.146 e. The van der Waals surface area contributed by atoms with Crippen LogP contribution in [0.25, 0.3) is 0 Å². The first kappa shape index (κ1) is 12.9. The van der Waals surface area contributed by atoms with Gasteiger partial charge in [-0.25, -0.2) is 8.78 Å². The van der Waals surface area contributed by atoms with E-state index in [4.69, 9.17) is 17.3 Å². The molecule has 18 heavy (non-hydrogen) atoms. The molecule has 94 valence electrons. The SMILES string of the molecule is NC(Cc1cc(Cl)ccc1F)c1ncccc1F. The van der Waals surface area contributed by atoms with Gasteiger partial charge in [-0.3, -0.25) is 4.98 Å². The predicted octanol–water partition coefficient (Wildman–Crippen LogP) is 3.26. The lowest BCUT2D eigenvalue weighted by Gasteiger charge is -2.12. The largest absolute Gasteiger partial charge is 0.322 e. The molecule has 0 spiro atoms. The summed E-state index contributed by atoms with van der Waals surface area (Å²) in [5, 5.41) is 0.417. The average Bonchev–Trinajstić information content (AvgIpc) is 2.34. The molecule has 0 fully saturated rings. The van der Waals surface area contributed by atoms with Crippen LogP contribution in [0.1, 0.15) is 17.3 Å². The summed E-state index contributed by atoms with van der Waals surface area (Å²) in [7, 11) is 0. The number of hydrogen-bond donors (Lipinski definition) is 1. The molecule has 0 saturated carbocycles. The maximum absolute atomic E-state index is 13.5. The lowest BCUT2D eigenvalue weighted by molar-refractivity contribution is 0.550. The minimum atomic E-state index is -0.709. The Kier molecular flexibility index (Phi) is 3.89. The number of benzene rings is 1. The van der Waals surface area contributed by atoms with Crippen molar-refractivity contribution in [3.05, 3.63) is 64.4 Å². The maximum atomic E-state index is 13.5. The molecule has 0 saturated heterocycles. The third-order valence-corrected chi connectivity index (χ3v) is 2.82. The molecule has 0 aliphatic heterocycles. The molecule has 1 aromatic heterocycles. The van der Waals surface area contributed by atoms with Crippen molar-refractivity contribution in [2.45, 2.75) is 12.5 Å². The fourth-order valence-electron chi connectivity index (χ4n) is 1.70. The molecule has 2 rings (SSSR count). The summed E-state index contributed by atoms with van der Waals surface area (Å²) in [5.74, 6) is -0.904. The van der Waals surface area contributed by atoms with Crippen molar-refractivity contribution in [3.63, 3.8) is 0 Å². The average molecular weight is 269 g/mol. The zero-order valence-corrected chi connectivity index (χ0v) is 10.2. The van der Waals surface area contributed by atoms with E-state index in [2.05, 4.69) is 4.98 Å². The highest BCUT2D eigenvalue weighted by molar-refractivity contribution is 6.30. The monoisotopic (exact) mass is 268 g/mol. The van der Waals surface area contributed by atoms with E-state index >= 15 is 0 Å². The number of nitrogens with zero attached hydrogens (tertiary/aromatic N) is 1. The fourth-order valence-corrected chi connectivity index (χ4v) is 1.90. The Morgan fingerprint density at radius 1 is 1.22 bits per heavy atom. The highest BCUT2D eigenvalue weighted by Crippen LogP contribution is 2.21. The molecular weight excluding hydrogens is 258 g/mol. The molecule has 1 heterocycles. The van der Waals surface area contributed by atoms with Gasteiger partial charge in [0.25, 0.3) is 0 Å². The number of aromatic nitrogens is 1. The van der Waals surface area contributed by atoms with Crippen LogP contribution in [0.3, 0.4) is 0 Å². The summed E-state index contributed by atoms with van der Waals surface area (Å²) in [6.45, 7) is 0. The van der Waals surface area contributed by atoms with Crippen LogP contribution in [0.5, 0.6) is 0 Å². The van der Waals surface area contributed by atoms with Gasteiger partial charge in [0.05, 0.1) is 11.7 Å². The van der Waals surface area contributed by atoms with Crippen molar-refractivity contribution in [2.75, 3.05) is 0 Å². The Balaban J connectivity index is 2.24. The van der Waals surface area contributed by atoms with Crippen molar-refractivity contribution < 1.29 is 8.78 Å². The standard InChI is InChI=1S/C13H11ClF2N2/c14-9-3-4-10(15)8(6-9)7-12(17)13-11(16)2-1-5-18-13/h1-6,12H,7,17H2. The Labute approximate surface area is 108 Å². The second-order valence-electron chi connectivity index (χ2n) is 3.92. The van der Waals surface area contributed by atoms with E-state index in [1.54, 1.807) is 0 Å². The van der Waals surface area contributed by atoms with Crippen LogP contribution in [0, 0.1) is 11.6 Å². The van der Waals surface area contributed by atoms with E-state index in [0.717, 1.165) is 0 Å². The second kappa shape index (κ2) is 5.42. The third kappa shape index (κ3) is 2.83. The van der Waals surface area contributed by atoms with Crippen LogP contribution in [0.15, 0.2) is 36.5 Å². The molecule has 1 atom stereocenters. The second-order valence-corrected chi connectivity index (χ2v) is 4.35. The summed E-state index contributed by atoms with van der Waals surface area (Å²) in [5.41, 5.74) is 6.30. The highest BCUT2D eigenvalue weighted by atomic mass is 35.5. The van der Waals surface area contributed by atoms with Gasteiger partial charge in [-0.15, -0.1) is 0 Å². The van der Waals surface area contributed by atoms with E-state index in [9.17, 15) is 8.78 Å². The number of halogens is 3. The molecule has 0 radical (unpaired) electrons. The summed E-state index contributed by atoms with van der Waals surface area (Å²) in [4.78, 5) is 3.87. The van der Waals surface area contributed by atoms with Crippen LogP contribution in [-0.2, 0) is 6.42 Å². The smallest absolute Gasteiger partial charge is 0.146 e. The van der Waals surface area contributed by atoms with E-state index in [1.807, 2.05) is 0 Å². The van der Waals surface area contributed by atoms with Gasteiger partial charge in [0, 0.05) is 11.2 Å². The summed E-state index contributed by atoms with van der Waals surface area (Å²) in [6, 6.07) is 6.24. The van der Waals surface area contributed by atoms with Gasteiger partial charge >= 0.3 is 0 Å². The predicted molar refractivity (Wildman–Crippen MR) is 66.2 cm³/mol. The van der Waals surface area contributed by atoms with Crippen LogP contribution in [0.2, 0.25) is 5.02 Å². The first-order valence-corrected chi connectivity index (χ1v) is 5.75. The normalized spacial score (nSPS) is 12.4. The van der Waals surface area contributed by atoms with Crippen molar-refractivity contribution in [1.29, 1.82) is 0 Å². The van der Waals surface area contributed by atoms with E-state index in [1.165, 1.54) is 36.5 Å². The first-order chi connectivity index (χ1) is 8.58. The Morgan fingerprint density at radius 2 is 2.00 bits per heavy atom. The number of nitrogens with two attached hydrogens (primary N) is 1. The van der Waals surface area contributed by atoms with E-state index in [-0.39, 0.29) is 12.1 Å². The topological polar surface area (TPSA) is 38.9 Å². The first-order valence-electron chi connectivity index (χ1n) is 5.38. The quantitative estimate of drug-likeness (QED) is 0.928.